The molecule has 0 aromatic heterocycles. The lowest BCUT2D eigenvalue weighted by atomic mass is 9.92. The summed E-state index contributed by atoms with van der Waals surface area (Å²) in [5.41, 5.74) is 4.93. The molecule has 0 aliphatic carbocycles. The molecule has 6 aromatic rings. The Morgan fingerprint density at radius 1 is 0.532 bits per heavy atom. The third-order valence-corrected chi connectivity index (χ3v) is 20.3. The zero-order chi connectivity index (χ0) is 55.1. The fourth-order valence-electron chi connectivity index (χ4n) is 9.90. The highest BCUT2D eigenvalue weighted by Crippen LogP contribution is 2.37. The van der Waals surface area contributed by atoms with E-state index in [9.17, 15) is 66.6 Å². The molecule has 2 amide bonds. The molecule has 2 unspecified atom stereocenters. The number of aromatic hydroxyl groups is 2. The number of hydrogen-bond donors (Lipinski definition) is 4. The van der Waals surface area contributed by atoms with Gasteiger partial charge in [0.1, 0.15) is 24.6 Å². The lowest BCUT2D eigenvalue weighted by Crippen LogP contribution is -2.45. The molecule has 4 aliphatic heterocycles. The van der Waals surface area contributed by atoms with Gasteiger partial charge in [-0.3, -0.25) is 9.59 Å². The number of phenols is 2. The highest BCUT2D eigenvalue weighted by Gasteiger charge is 2.40. The van der Waals surface area contributed by atoms with Crippen molar-refractivity contribution < 1.29 is 66.6 Å². The number of phenolic OH excluding ortho intramolecular Hbond substituents is 2. The molecular formula is C52H51F3N6O12S4. The number of fused-ring (bicyclic) bond motifs is 2. The number of rotatable bonds is 13. The summed E-state index contributed by atoms with van der Waals surface area (Å²) in [6, 6.07) is 35.8. The van der Waals surface area contributed by atoms with Crippen molar-refractivity contribution in [3.8, 4) is 11.5 Å². The van der Waals surface area contributed by atoms with Gasteiger partial charge in [0, 0.05) is 25.2 Å². The third kappa shape index (κ3) is 12.1. The van der Waals surface area contributed by atoms with Crippen LogP contribution >= 0.6 is 0 Å². The number of nitrogens with zero attached hydrogens (tertiary/aromatic N) is 4. The molecule has 0 spiro atoms. The molecule has 18 nitrogen and oxygen atoms in total. The van der Waals surface area contributed by atoms with Crippen molar-refractivity contribution in [2.75, 3.05) is 21.7 Å². The number of aryl methyl sites for hydroxylation is 2. The van der Waals surface area contributed by atoms with Crippen molar-refractivity contribution in [3.63, 3.8) is 0 Å². The maximum Gasteiger partial charge on any atom is 0.416 e. The minimum Gasteiger partial charge on any atom is -0.506 e. The van der Waals surface area contributed by atoms with Crippen molar-refractivity contribution in [3.05, 3.63) is 184 Å². The van der Waals surface area contributed by atoms with Gasteiger partial charge in [-0.05, 0) is 126 Å². The van der Waals surface area contributed by atoms with Gasteiger partial charge in [-0.1, -0.05) is 91.0 Å². The van der Waals surface area contributed by atoms with Crippen LogP contribution in [0.1, 0.15) is 57.3 Å². The second-order valence-corrected chi connectivity index (χ2v) is 25.9. The number of carbonyl (C=O) groups is 2. The number of halogens is 3. The van der Waals surface area contributed by atoms with Crippen LogP contribution in [0.4, 0.5) is 24.5 Å². The van der Waals surface area contributed by atoms with Crippen molar-refractivity contribution in [1.29, 1.82) is 0 Å². The van der Waals surface area contributed by atoms with Gasteiger partial charge >= 0.3 is 26.6 Å². The fourth-order valence-corrected chi connectivity index (χ4v) is 15.6. The third-order valence-electron chi connectivity index (χ3n) is 13.7. The molecule has 4 aliphatic rings. The first-order chi connectivity index (χ1) is 36.4. The first-order valence-electron chi connectivity index (χ1n) is 24.0. The van der Waals surface area contributed by atoms with Crippen LogP contribution in [0.3, 0.4) is 0 Å². The molecule has 0 radical (unpaired) electrons. The van der Waals surface area contributed by atoms with Crippen LogP contribution in [0, 0.1) is 0 Å². The summed E-state index contributed by atoms with van der Waals surface area (Å²) in [4.78, 5) is 22.8. The summed E-state index contributed by atoms with van der Waals surface area (Å²) in [6.07, 6.45) is -2.03. The van der Waals surface area contributed by atoms with Gasteiger partial charge < -0.3 is 10.2 Å². The number of alkyl halides is 3. The van der Waals surface area contributed by atoms with Crippen molar-refractivity contribution in [2.24, 2.45) is 0 Å². The van der Waals surface area contributed by atoms with E-state index in [0.717, 1.165) is 66.3 Å². The van der Waals surface area contributed by atoms with Crippen molar-refractivity contribution in [1.82, 2.24) is 18.1 Å². The molecule has 2 fully saturated rings. The van der Waals surface area contributed by atoms with E-state index in [2.05, 4.69) is 0 Å². The summed E-state index contributed by atoms with van der Waals surface area (Å²) in [5, 5.41) is 21.0. The van der Waals surface area contributed by atoms with Crippen LogP contribution in [0.25, 0.3) is 0 Å². The van der Waals surface area contributed by atoms with Crippen molar-refractivity contribution in [2.45, 2.75) is 80.5 Å². The van der Waals surface area contributed by atoms with E-state index in [4.69, 9.17) is 0 Å². The van der Waals surface area contributed by atoms with E-state index < -0.39 is 83.2 Å². The lowest BCUT2D eigenvalue weighted by molar-refractivity contribution is -0.137. The zero-order valence-electron chi connectivity index (χ0n) is 40.7. The fraction of sp³-hybridized carbons (Fsp3) is 0.269. The van der Waals surface area contributed by atoms with Gasteiger partial charge in [-0.15, -0.1) is 0 Å². The number of hydrogen-bond acceptors (Lipinski definition) is 12. The molecule has 77 heavy (non-hydrogen) atoms. The smallest absolute Gasteiger partial charge is 0.416 e. The molecular weight excluding hydrogens is 1090 g/mol. The predicted molar refractivity (Wildman–Crippen MR) is 278 cm³/mol. The van der Waals surface area contributed by atoms with E-state index in [1.54, 1.807) is 34.6 Å². The average molecular weight is 1140 g/mol. The Morgan fingerprint density at radius 3 is 1.39 bits per heavy atom. The van der Waals surface area contributed by atoms with Crippen LogP contribution in [-0.2, 0) is 101 Å². The monoisotopic (exact) mass is 1140 g/mol. The molecule has 2 saturated heterocycles. The SMILES string of the molecule is O=C1CN(c2ccc(CCC3Cc4ccccc4CN3S(=O)(=O)Cc3ccccc3)cc2O)S(=O)(=O)N1.O=C1CN(c2ccc(CCC3Cc4ccccc4CN3S(=O)(=O)c3ccc(C(F)(F)F)cc3)cc2O)S(=O)(=O)N1. The highest BCUT2D eigenvalue weighted by atomic mass is 32.2. The van der Waals surface area contributed by atoms with Gasteiger partial charge in [0.25, 0.3) is 11.8 Å². The van der Waals surface area contributed by atoms with Gasteiger partial charge in [-0.25, -0.2) is 34.9 Å². The van der Waals surface area contributed by atoms with E-state index in [1.165, 1.54) is 28.6 Å². The van der Waals surface area contributed by atoms with Gasteiger partial charge in [0.05, 0.1) is 27.6 Å². The number of benzene rings is 6. The molecule has 25 heteroatoms. The zero-order valence-corrected chi connectivity index (χ0v) is 44.0. The molecule has 2 atom stereocenters. The molecule has 406 valence electrons. The first-order valence-corrected chi connectivity index (χ1v) is 30.0. The second kappa shape index (κ2) is 21.4. The number of amides is 2. The van der Waals surface area contributed by atoms with Crippen molar-refractivity contribution >= 4 is 63.7 Å². The van der Waals surface area contributed by atoms with E-state index >= 15 is 0 Å². The lowest BCUT2D eigenvalue weighted by Gasteiger charge is -2.36. The standard InChI is InChI=1S/C26H24F3N3O6S2.C26H27N3O6S2/c27-26(28,29)20-7-10-22(11-8-20)39(35,36)31-15-19-4-2-1-3-18(19)14-21(31)9-5-17-6-12-23(24(33)13-17)32-16-25(34)30-40(32,37)38;30-25-14-19(11-13-24(25)29-17-26(31)27-37(29,34)35)10-12-23-15-21-8-4-5-9-22(21)16-28(23)36(32,33)18-20-6-2-1-3-7-20/h1-4,6-8,10-13,21,33H,5,9,14-16H2,(H,30,34);1-9,11,13-14,23,30H,10,12,15-18H2,(H,27,31). The quantitative estimate of drug-likeness (QED) is 0.107. The highest BCUT2D eigenvalue weighted by molar-refractivity contribution is 7.92. The van der Waals surface area contributed by atoms with Gasteiger partial charge in [0.2, 0.25) is 20.0 Å². The number of nitrogens with one attached hydrogen (secondary N) is 2. The summed E-state index contributed by atoms with van der Waals surface area (Å²) in [6.45, 7) is -0.519. The van der Waals surface area contributed by atoms with Crippen LogP contribution < -0.4 is 18.1 Å². The predicted octanol–water partition coefficient (Wildman–Crippen LogP) is 5.80. The Morgan fingerprint density at radius 2 is 0.961 bits per heavy atom. The average Bonchev–Trinajstić information content (AvgIpc) is 3.85. The number of carbonyl (C=O) groups excluding carboxylic acids is 2. The summed E-state index contributed by atoms with van der Waals surface area (Å²) < 4.78 is 150. The van der Waals surface area contributed by atoms with Crippen LogP contribution in [-0.4, -0.2) is 89.5 Å². The topological polar surface area (TPSA) is 248 Å². The molecule has 4 heterocycles. The minimum absolute atomic E-state index is 0.0146. The van der Waals surface area contributed by atoms with E-state index in [-0.39, 0.29) is 46.1 Å². The van der Waals surface area contributed by atoms with Gasteiger partial charge in [0.15, 0.2) is 0 Å². The Bertz CT molecular complexity index is 3710. The largest absolute Gasteiger partial charge is 0.506 e. The van der Waals surface area contributed by atoms with Crippen LogP contribution in [0.2, 0.25) is 0 Å². The maximum atomic E-state index is 13.6. The summed E-state index contributed by atoms with van der Waals surface area (Å²) in [5.74, 6) is -2.10. The Hall–Kier alpha value is -7.03. The maximum absolute atomic E-state index is 13.6. The summed E-state index contributed by atoms with van der Waals surface area (Å²) >= 11 is 0. The Balaban J connectivity index is 0.000000188. The molecule has 6 aromatic carbocycles. The number of anilines is 2. The summed E-state index contributed by atoms with van der Waals surface area (Å²) in [7, 11) is -15.9. The van der Waals surface area contributed by atoms with E-state index in [0.29, 0.717) is 50.6 Å². The number of sulfonamides is 2. The molecule has 10 rings (SSSR count). The molecule has 4 N–H and O–H groups in total. The molecule has 0 bridgehead atoms. The normalized spacial score (nSPS) is 19.4. The minimum atomic E-state index is -4.60. The molecule has 0 saturated carbocycles. The van der Waals surface area contributed by atoms with Crippen LogP contribution in [0.5, 0.6) is 11.5 Å². The first kappa shape index (κ1) is 54.7. The van der Waals surface area contributed by atoms with Crippen LogP contribution in [0.15, 0.2) is 144 Å². The Kier molecular flexibility index (Phi) is 15.2. The van der Waals surface area contributed by atoms with E-state index in [1.807, 2.05) is 70.1 Å². The Labute approximate surface area is 443 Å². The van der Waals surface area contributed by atoms with Gasteiger partial charge in [-0.2, -0.15) is 38.6 Å². The second-order valence-electron chi connectivity index (χ2n) is 18.9.